The lowest BCUT2D eigenvalue weighted by Gasteiger charge is -2.36. The molecule has 30 heavy (non-hydrogen) atoms. The number of rotatable bonds is 4. The van der Waals surface area contributed by atoms with Gasteiger partial charge in [-0.2, -0.15) is 0 Å². The third-order valence-electron chi connectivity index (χ3n) is 5.61. The average Bonchev–Trinajstić information content (AvgIpc) is 2.84. The molecular weight excluding hydrogens is 368 g/mol. The van der Waals surface area contributed by atoms with Crippen molar-refractivity contribution in [3.8, 4) is 22.6 Å². The summed E-state index contributed by atoms with van der Waals surface area (Å²) in [6.07, 6.45) is 4.34. The van der Waals surface area contributed by atoms with Crippen LogP contribution in [-0.4, -0.2) is 7.11 Å². The topological polar surface area (TPSA) is 18.5 Å². The van der Waals surface area contributed by atoms with Crippen molar-refractivity contribution in [1.82, 2.24) is 0 Å². The van der Waals surface area contributed by atoms with Crippen LogP contribution in [0.25, 0.3) is 17.2 Å². The molecule has 4 aromatic rings. The molecule has 2 heteroatoms. The highest BCUT2D eigenvalue weighted by molar-refractivity contribution is 5.73. The molecule has 0 radical (unpaired) electrons. The summed E-state index contributed by atoms with van der Waals surface area (Å²) in [5.74, 6) is 1.73. The lowest BCUT2D eigenvalue weighted by molar-refractivity contribution is 0.161. The van der Waals surface area contributed by atoms with E-state index in [1.165, 1.54) is 0 Å². The summed E-state index contributed by atoms with van der Waals surface area (Å²) < 4.78 is 12.0. The van der Waals surface area contributed by atoms with Gasteiger partial charge in [0.25, 0.3) is 0 Å². The van der Waals surface area contributed by atoms with Crippen LogP contribution >= 0.6 is 0 Å². The zero-order chi connectivity index (χ0) is 20.4. The van der Waals surface area contributed by atoms with E-state index in [-0.39, 0.29) is 0 Å². The molecular formula is C28H22O2. The Morgan fingerprint density at radius 1 is 0.667 bits per heavy atom. The second-order valence-electron chi connectivity index (χ2n) is 7.38. The third-order valence-corrected chi connectivity index (χ3v) is 5.61. The van der Waals surface area contributed by atoms with E-state index in [0.717, 1.165) is 39.3 Å². The van der Waals surface area contributed by atoms with Gasteiger partial charge in [-0.15, -0.1) is 0 Å². The van der Waals surface area contributed by atoms with Gasteiger partial charge in [-0.3, -0.25) is 0 Å². The van der Waals surface area contributed by atoms with Crippen LogP contribution in [0.2, 0.25) is 0 Å². The summed E-state index contributed by atoms with van der Waals surface area (Å²) in [5, 5.41) is 0. The predicted octanol–water partition coefficient (Wildman–Crippen LogP) is 6.71. The monoisotopic (exact) mass is 390 g/mol. The van der Waals surface area contributed by atoms with Gasteiger partial charge in [0.05, 0.1) is 7.11 Å². The molecule has 0 atom stereocenters. The van der Waals surface area contributed by atoms with Crippen LogP contribution < -0.4 is 9.47 Å². The molecule has 146 valence electrons. The minimum atomic E-state index is -0.642. The fourth-order valence-corrected chi connectivity index (χ4v) is 4.00. The third kappa shape index (κ3) is 3.17. The first-order valence-corrected chi connectivity index (χ1v) is 10.1. The van der Waals surface area contributed by atoms with E-state index in [9.17, 15) is 0 Å². The van der Waals surface area contributed by atoms with E-state index in [1.807, 2.05) is 24.3 Å². The molecule has 0 spiro atoms. The normalized spacial score (nSPS) is 13.9. The highest BCUT2D eigenvalue weighted by Crippen LogP contribution is 2.43. The van der Waals surface area contributed by atoms with E-state index in [2.05, 4.69) is 91.0 Å². The summed E-state index contributed by atoms with van der Waals surface area (Å²) in [7, 11) is 1.68. The van der Waals surface area contributed by atoms with Gasteiger partial charge in [0.2, 0.25) is 0 Å². The molecule has 2 nitrogen and oxygen atoms in total. The number of fused-ring (bicyclic) bond motifs is 1. The molecule has 0 N–H and O–H groups in total. The number of hydrogen-bond donors (Lipinski definition) is 0. The van der Waals surface area contributed by atoms with E-state index >= 15 is 0 Å². The van der Waals surface area contributed by atoms with Gasteiger partial charge < -0.3 is 9.47 Å². The zero-order valence-electron chi connectivity index (χ0n) is 16.8. The Labute approximate surface area is 177 Å². The van der Waals surface area contributed by atoms with Crippen LogP contribution in [0.3, 0.4) is 0 Å². The van der Waals surface area contributed by atoms with Crippen molar-refractivity contribution >= 4 is 6.08 Å². The second-order valence-corrected chi connectivity index (χ2v) is 7.38. The molecule has 5 rings (SSSR count). The van der Waals surface area contributed by atoms with Gasteiger partial charge in [0, 0.05) is 16.7 Å². The Morgan fingerprint density at radius 3 is 1.87 bits per heavy atom. The van der Waals surface area contributed by atoms with Crippen LogP contribution in [-0.2, 0) is 5.60 Å². The van der Waals surface area contributed by atoms with E-state index in [4.69, 9.17) is 9.47 Å². The molecule has 0 unspecified atom stereocenters. The molecule has 0 saturated heterocycles. The first-order chi connectivity index (χ1) is 14.8. The SMILES string of the molecule is COc1ccc(-c2ccc3c(c2)C=CC(c2ccccc2)(c2ccccc2)O3)cc1. The van der Waals surface area contributed by atoms with Gasteiger partial charge in [-0.25, -0.2) is 0 Å². The van der Waals surface area contributed by atoms with E-state index in [0.29, 0.717) is 0 Å². The van der Waals surface area contributed by atoms with Crippen LogP contribution in [0.4, 0.5) is 0 Å². The standard InChI is InChI=1S/C28H22O2/c1-29-26-15-12-21(13-16-26)22-14-17-27-23(20-22)18-19-28(30-27,24-8-4-2-5-9-24)25-10-6-3-7-11-25/h2-20H,1H3. The maximum Gasteiger partial charge on any atom is 0.178 e. The van der Waals surface area contributed by atoms with Crippen molar-refractivity contribution in [2.45, 2.75) is 5.60 Å². The minimum Gasteiger partial charge on any atom is -0.497 e. The lowest BCUT2D eigenvalue weighted by atomic mass is 9.83. The Morgan fingerprint density at radius 2 is 1.27 bits per heavy atom. The first kappa shape index (κ1) is 18.3. The summed E-state index contributed by atoms with van der Waals surface area (Å²) >= 11 is 0. The molecule has 4 aromatic carbocycles. The molecule has 0 aliphatic carbocycles. The summed E-state index contributed by atoms with van der Waals surface area (Å²) in [6.45, 7) is 0. The Bertz CT molecular complexity index is 1140. The fourth-order valence-electron chi connectivity index (χ4n) is 4.00. The Hall–Kier alpha value is -3.78. The molecule has 1 heterocycles. The van der Waals surface area contributed by atoms with Crippen molar-refractivity contribution < 1.29 is 9.47 Å². The van der Waals surface area contributed by atoms with E-state index < -0.39 is 5.60 Å². The van der Waals surface area contributed by atoms with Crippen molar-refractivity contribution in [3.63, 3.8) is 0 Å². The molecule has 0 amide bonds. The van der Waals surface area contributed by atoms with Gasteiger partial charge in [0.15, 0.2) is 5.60 Å². The maximum absolute atomic E-state index is 6.71. The first-order valence-electron chi connectivity index (χ1n) is 10.1. The molecule has 0 aromatic heterocycles. The number of methoxy groups -OCH3 is 1. The van der Waals surface area contributed by atoms with E-state index in [1.54, 1.807) is 7.11 Å². The number of hydrogen-bond acceptors (Lipinski definition) is 2. The largest absolute Gasteiger partial charge is 0.497 e. The van der Waals surface area contributed by atoms with Crippen LogP contribution in [0.5, 0.6) is 11.5 Å². The van der Waals surface area contributed by atoms with Crippen LogP contribution in [0.1, 0.15) is 16.7 Å². The van der Waals surface area contributed by atoms with Crippen molar-refractivity contribution in [1.29, 1.82) is 0 Å². The van der Waals surface area contributed by atoms with Crippen LogP contribution in [0, 0.1) is 0 Å². The van der Waals surface area contributed by atoms with Crippen molar-refractivity contribution in [2.24, 2.45) is 0 Å². The summed E-state index contributed by atoms with van der Waals surface area (Å²) in [4.78, 5) is 0. The smallest absolute Gasteiger partial charge is 0.178 e. The average molecular weight is 390 g/mol. The summed E-state index contributed by atoms with van der Waals surface area (Å²) in [6, 6.07) is 35.2. The van der Waals surface area contributed by atoms with Gasteiger partial charge >= 0.3 is 0 Å². The van der Waals surface area contributed by atoms with Crippen molar-refractivity contribution in [3.05, 3.63) is 126 Å². The van der Waals surface area contributed by atoms with Crippen molar-refractivity contribution in [2.75, 3.05) is 7.11 Å². The number of ether oxygens (including phenoxy) is 2. The second kappa shape index (κ2) is 7.57. The minimum absolute atomic E-state index is 0.642. The van der Waals surface area contributed by atoms with Crippen LogP contribution in [0.15, 0.2) is 109 Å². The molecule has 1 aliphatic rings. The molecule has 0 fully saturated rings. The Kier molecular flexibility index (Phi) is 4.61. The van der Waals surface area contributed by atoms with Gasteiger partial charge in [-0.05, 0) is 41.5 Å². The quantitative estimate of drug-likeness (QED) is 0.385. The summed E-state index contributed by atoms with van der Waals surface area (Å²) in [5.41, 5.74) is 4.95. The van der Waals surface area contributed by atoms with Gasteiger partial charge in [0.1, 0.15) is 11.5 Å². The zero-order valence-corrected chi connectivity index (χ0v) is 16.8. The fraction of sp³-hybridized carbons (Fsp3) is 0.0714. The highest BCUT2D eigenvalue weighted by atomic mass is 16.5. The number of benzene rings is 4. The molecule has 1 aliphatic heterocycles. The lowest BCUT2D eigenvalue weighted by Crippen LogP contribution is -2.34. The molecule has 0 saturated carbocycles. The maximum atomic E-state index is 6.71. The predicted molar refractivity (Wildman–Crippen MR) is 122 cm³/mol. The highest BCUT2D eigenvalue weighted by Gasteiger charge is 2.36. The Balaban J connectivity index is 1.57. The van der Waals surface area contributed by atoms with Gasteiger partial charge in [-0.1, -0.05) is 84.9 Å². The molecule has 0 bridgehead atoms.